The Morgan fingerprint density at radius 2 is 1.93 bits per heavy atom. The number of hydrogen-bond donors (Lipinski definition) is 0. The molecule has 2 aromatic heterocycles. The van der Waals surface area contributed by atoms with E-state index < -0.39 is 0 Å². The summed E-state index contributed by atoms with van der Waals surface area (Å²) in [6.45, 7) is 0. The van der Waals surface area contributed by atoms with Gasteiger partial charge in [-0.2, -0.15) is 5.10 Å². The van der Waals surface area contributed by atoms with Gasteiger partial charge in [0.05, 0.1) is 16.1 Å². The normalized spacial score (nSPS) is 14.3. The van der Waals surface area contributed by atoms with Crippen LogP contribution in [0.4, 0.5) is 0 Å². The van der Waals surface area contributed by atoms with Crippen LogP contribution in [-0.2, 0) is 0 Å². The van der Waals surface area contributed by atoms with Crippen LogP contribution in [0.15, 0.2) is 82.5 Å². The number of fused-ring (bicyclic) bond motifs is 1. The molecule has 0 spiro atoms. The number of benzene rings is 2. The first-order valence-corrected chi connectivity index (χ1v) is 10.3. The highest BCUT2D eigenvalue weighted by molar-refractivity contribution is 9.10. The molecule has 3 heterocycles. The predicted octanol–water partition coefficient (Wildman–Crippen LogP) is 5.98. The van der Waals surface area contributed by atoms with Crippen molar-refractivity contribution in [3.05, 3.63) is 93.6 Å². The number of rotatable bonds is 3. The molecule has 0 unspecified atom stereocenters. The molecule has 5 rings (SSSR count). The van der Waals surface area contributed by atoms with E-state index in [1.165, 1.54) is 0 Å². The average molecular weight is 449 g/mol. The summed E-state index contributed by atoms with van der Waals surface area (Å²) in [5.41, 5.74) is 3.17. The van der Waals surface area contributed by atoms with E-state index in [-0.39, 0.29) is 5.78 Å². The Kier molecular flexibility index (Phi) is 4.22. The lowest BCUT2D eigenvalue weighted by molar-refractivity contribution is 0.101. The third kappa shape index (κ3) is 3.00. The maximum absolute atomic E-state index is 12.8. The molecule has 4 nitrogen and oxygen atoms in total. The maximum atomic E-state index is 12.8. The molecule has 0 N–H and O–H groups in total. The van der Waals surface area contributed by atoms with Crippen LogP contribution in [0.3, 0.4) is 0 Å². The molecular weight excluding hydrogens is 436 g/mol. The molecule has 0 radical (unpaired) electrons. The number of Topliss-reactive ketones (excluding diaryl/α,β-unsaturated/α-hetero) is 1. The van der Waals surface area contributed by atoms with Gasteiger partial charge in [-0.3, -0.25) is 4.79 Å². The van der Waals surface area contributed by atoms with Crippen LogP contribution in [0.1, 0.15) is 15.9 Å². The minimum absolute atomic E-state index is 0.124. The Bertz CT molecular complexity index is 1210. The van der Waals surface area contributed by atoms with Crippen LogP contribution in [0.2, 0.25) is 0 Å². The van der Waals surface area contributed by atoms with Crippen molar-refractivity contribution in [2.45, 2.75) is 0 Å². The summed E-state index contributed by atoms with van der Waals surface area (Å²) >= 11 is 5.02. The lowest BCUT2D eigenvalue weighted by Gasteiger charge is -1.99. The first kappa shape index (κ1) is 17.2. The van der Waals surface area contributed by atoms with Gasteiger partial charge < -0.3 is 4.74 Å². The Balaban J connectivity index is 1.61. The fourth-order valence-electron chi connectivity index (χ4n) is 3.11. The summed E-state index contributed by atoms with van der Waals surface area (Å²) in [5.74, 6) is 0.756. The Labute approximate surface area is 173 Å². The number of nitrogens with zero attached hydrogens (tertiary/aromatic N) is 2. The number of allylic oxidation sites excluding steroid dienone is 1. The quantitative estimate of drug-likeness (QED) is 0.362. The predicted molar refractivity (Wildman–Crippen MR) is 114 cm³/mol. The second-order valence-electron chi connectivity index (χ2n) is 6.27. The second kappa shape index (κ2) is 6.89. The molecule has 1 aliphatic rings. The molecule has 136 valence electrons. The largest absolute Gasteiger partial charge is 0.452 e. The molecule has 4 aromatic rings. The minimum atomic E-state index is -0.124. The standard InChI is InChI=1S/C22H13BrN2O2S/c23-15-8-9-18-17(12-15)22(26)19(27-18)11-14-13-25(16-5-2-1-3-6-16)24-21(14)20-7-4-10-28-20/h1-13H/b19-11-. The fourth-order valence-corrected chi connectivity index (χ4v) is 4.21. The van der Waals surface area contributed by atoms with E-state index in [2.05, 4.69) is 15.9 Å². The van der Waals surface area contributed by atoms with Crippen molar-refractivity contribution in [1.82, 2.24) is 9.78 Å². The number of carbonyl (C=O) groups is 1. The SMILES string of the molecule is O=C1/C(=C/c2cn(-c3ccccc3)nc2-c2cccs2)Oc2ccc(Br)cc21. The molecule has 0 amide bonds. The van der Waals surface area contributed by atoms with Gasteiger partial charge >= 0.3 is 0 Å². The number of ketones is 1. The first-order valence-electron chi connectivity index (χ1n) is 8.62. The van der Waals surface area contributed by atoms with Gasteiger partial charge in [0.25, 0.3) is 0 Å². The smallest absolute Gasteiger partial charge is 0.232 e. The molecule has 0 bridgehead atoms. The van der Waals surface area contributed by atoms with E-state index in [1.54, 1.807) is 29.5 Å². The van der Waals surface area contributed by atoms with Crippen LogP contribution in [-0.4, -0.2) is 15.6 Å². The topological polar surface area (TPSA) is 44.1 Å². The van der Waals surface area contributed by atoms with Gasteiger partial charge in [0.1, 0.15) is 11.4 Å². The van der Waals surface area contributed by atoms with E-state index in [4.69, 9.17) is 9.84 Å². The number of ether oxygens (including phenoxy) is 1. The monoisotopic (exact) mass is 448 g/mol. The van der Waals surface area contributed by atoms with Crippen molar-refractivity contribution >= 4 is 39.1 Å². The number of halogens is 1. The summed E-state index contributed by atoms with van der Waals surface area (Å²) in [5, 5.41) is 6.77. The van der Waals surface area contributed by atoms with Crippen LogP contribution in [0, 0.1) is 0 Å². The molecule has 0 atom stereocenters. The van der Waals surface area contributed by atoms with E-state index in [0.29, 0.717) is 17.1 Å². The molecule has 2 aromatic carbocycles. The van der Waals surface area contributed by atoms with E-state index in [9.17, 15) is 4.79 Å². The molecule has 0 fully saturated rings. The Morgan fingerprint density at radius 1 is 1.07 bits per heavy atom. The van der Waals surface area contributed by atoms with Crippen molar-refractivity contribution in [3.8, 4) is 22.0 Å². The van der Waals surface area contributed by atoms with Gasteiger partial charge in [0.2, 0.25) is 5.78 Å². The number of thiophene rings is 1. The zero-order valence-corrected chi connectivity index (χ0v) is 16.9. The lowest BCUT2D eigenvalue weighted by atomic mass is 10.1. The van der Waals surface area contributed by atoms with Crippen molar-refractivity contribution < 1.29 is 9.53 Å². The highest BCUT2D eigenvalue weighted by Crippen LogP contribution is 2.35. The number of aromatic nitrogens is 2. The summed E-state index contributed by atoms with van der Waals surface area (Å²) in [7, 11) is 0. The number of para-hydroxylation sites is 1. The van der Waals surface area contributed by atoms with Crippen LogP contribution < -0.4 is 4.74 Å². The molecule has 6 heteroatoms. The van der Waals surface area contributed by atoms with Crippen molar-refractivity contribution in [3.63, 3.8) is 0 Å². The van der Waals surface area contributed by atoms with Gasteiger partial charge in [0.15, 0.2) is 5.76 Å². The van der Waals surface area contributed by atoms with Gasteiger partial charge in [-0.25, -0.2) is 4.68 Å². The zero-order chi connectivity index (χ0) is 19.1. The van der Waals surface area contributed by atoms with Gasteiger partial charge in [-0.1, -0.05) is 40.2 Å². The lowest BCUT2D eigenvalue weighted by Crippen LogP contribution is -1.98. The molecular formula is C22H13BrN2O2S. The van der Waals surface area contributed by atoms with Crippen molar-refractivity contribution in [2.24, 2.45) is 0 Å². The zero-order valence-electron chi connectivity index (χ0n) is 14.5. The molecule has 0 aliphatic carbocycles. The summed E-state index contributed by atoms with van der Waals surface area (Å²) in [6.07, 6.45) is 3.70. The van der Waals surface area contributed by atoms with Crippen molar-refractivity contribution in [1.29, 1.82) is 0 Å². The first-order chi connectivity index (χ1) is 13.7. The highest BCUT2D eigenvalue weighted by atomic mass is 79.9. The summed E-state index contributed by atoms with van der Waals surface area (Å²) < 4.78 is 8.49. The minimum Gasteiger partial charge on any atom is -0.452 e. The van der Waals surface area contributed by atoms with Gasteiger partial charge in [-0.05, 0) is 47.9 Å². The van der Waals surface area contributed by atoms with Gasteiger partial charge in [-0.15, -0.1) is 11.3 Å². The third-order valence-electron chi connectivity index (χ3n) is 4.43. The van der Waals surface area contributed by atoms with E-state index in [1.807, 2.05) is 64.8 Å². The fraction of sp³-hybridized carbons (Fsp3) is 0. The highest BCUT2D eigenvalue weighted by Gasteiger charge is 2.28. The Hall–Kier alpha value is -2.96. The summed E-state index contributed by atoms with van der Waals surface area (Å²) in [6, 6.07) is 19.3. The molecule has 0 saturated carbocycles. The van der Waals surface area contributed by atoms with Crippen LogP contribution >= 0.6 is 27.3 Å². The molecule has 0 saturated heterocycles. The molecule has 1 aliphatic heterocycles. The van der Waals surface area contributed by atoms with Crippen LogP contribution in [0.5, 0.6) is 5.75 Å². The third-order valence-corrected chi connectivity index (χ3v) is 5.80. The van der Waals surface area contributed by atoms with E-state index >= 15 is 0 Å². The summed E-state index contributed by atoms with van der Waals surface area (Å²) in [4.78, 5) is 13.8. The van der Waals surface area contributed by atoms with Crippen molar-refractivity contribution in [2.75, 3.05) is 0 Å². The van der Waals surface area contributed by atoms with E-state index in [0.717, 1.165) is 26.3 Å². The number of carbonyl (C=O) groups excluding carboxylic acids is 1. The second-order valence-corrected chi connectivity index (χ2v) is 8.13. The van der Waals surface area contributed by atoms with Crippen LogP contribution in [0.25, 0.3) is 22.3 Å². The average Bonchev–Trinajstić information content (AvgIpc) is 3.44. The Morgan fingerprint density at radius 3 is 2.71 bits per heavy atom. The van der Waals surface area contributed by atoms with Gasteiger partial charge in [0, 0.05) is 16.2 Å². The maximum Gasteiger partial charge on any atom is 0.232 e. The number of hydrogen-bond acceptors (Lipinski definition) is 4. The molecule has 28 heavy (non-hydrogen) atoms.